The number of aliphatic hydroxyl groups excluding tert-OH is 1. The Bertz CT molecular complexity index is 648. The third-order valence-corrected chi connectivity index (χ3v) is 3.69. The van der Waals surface area contributed by atoms with E-state index in [1.807, 2.05) is 7.05 Å². The van der Waals surface area contributed by atoms with E-state index in [2.05, 4.69) is 39.1 Å². The van der Waals surface area contributed by atoms with Crippen LogP contribution in [0.5, 0.6) is 0 Å². The minimum Gasteiger partial charge on any atom is -0.395 e. The first kappa shape index (κ1) is 15.0. The van der Waals surface area contributed by atoms with Crippen molar-refractivity contribution in [3.63, 3.8) is 0 Å². The topological polar surface area (TPSA) is 88.3 Å². The van der Waals surface area contributed by atoms with Crippen molar-refractivity contribution >= 4 is 22.8 Å². The molecule has 0 aliphatic carbocycles. The van der Waals surface area contributed by atoms with E-state index < -0.39 is 0 Å². The maximum atomic E-state index is 9.04. The molecule has 0 unspecified atom stereocenters. The van der Waals surface area contributed by atoms with Crippen molar-refractivity contribution < 1.29 is 9.84 Å². The van der Waals surface area contributed by atoms with Gasteiger partial charge in [0.05, 0.1) is 30.4 Å². The summed E-state index contributed by atoms with van der Waals surface area (Å²) in [7, 11) is 1.86. The average Bonchev–Trinajstić information content (AvgIpc) is 2.85. The van der Waals surface area contributed by atoms with Gasteiger partial charge in [-0.15, -0.1) is 0 Å². The zero-order valence-electron chi connectivity index (χ0n) is 13.2. The molecule has 120 valence electrons. The highest BCUT2D eigenvalue weighted by Gasteiger charge is 2.25. The fourth-order valence-electron chi connectivity index (χ4n) is 2.80. The molecule has 0 saturated carbocycles. The highest BCUT2D eigenvalue weighted by molar-refractivity contribution is 5.87. The lowest BCUT2D eigenvalue weighted by Gasteiger charge is -2.35. The molecule has 8 nitrogen and oxygen atoms in total. The molecule has 0 spiro atoms. The van der Waals surface area contributed by atoms with Crippen LogP contribution in [0.3, 0.4) is 0 Å². The molecule has 2 N–H and O–H groups in total. The van der Waals surface area contributed by atoms with Gasteiger partial charge in [-0.3, -0.25) is 4.68 Å². The Kier molecular flexibility index (Phi) is 4.12. The molecule has 8 heteroatoms. The molecule has 2 atom stereocenters. The van der Waals surface area contributed by atoms with E-state index in [1.165, 1.54) is 0 Å². The van der Waals surface area contributed by atoms with Crippen LogP contribution in [0.25, 0.3) is 11.0 Å². The van der Waals surface area contributed by atoms with Crippen LogP contribution in [0.4, 0.5) is 11.8 Å². The number of nitrogens with zero attached hydrogens (tertiary/aromatic N) is 5. The molecule has 1 aliphatic heterocycles. The second kappa shape index (κ2) is 6.05. The van der Waals surface area contributed by atoms with E-state index in [0.29, 0.717) is 18.3 Å². The monoisotopic (exact) mass is 306 g/mol. The molecule has 0 amide bonds. The summed E-state index contributed by atoms with van der Waals surface area (Å²) >= 11 is 0. The third-order valence-electron chi connectivity index (χ3n) is 3.69. The van der Waals surface area contributed by atoms with Crippen LogP contribution < -0.4 is 10.2 Å². The number of aryl methyl sites for hydroxylation is 1. The Morgan fingerprint density at radius 1 is 1.32 bits per heavy atom. The number of ether oxygens (including phenoxy) is 1. The molecule has 2 aromatic heterocycles. The van der Waals surface area contributed by atoms with E-state index in [4.69, 9.17) is 9.84 Å². The van der Waals surface area contributed by atoms with Gasteiger partial charge in [0.2, 0.25) is 5.95 Å². The Balaban J connectivity index is 1.99. The fourth-order valence-corrected chi connectivity index (χ4v) is 2.80. The van der Waals surface area contributed by atoms with Crippen LogP contribution in [0.1, 0.15) is 13.8 Å². The van der Waals surface area contributed by atoms with Crippen molar-refractivity contribution in [3.8, 4) is 0 Å². The van der Waals surface area contributed by atoms with Crippen molar-refractivity contribution in [1.82, 2.24) is 19.7 Å². The van der Waals surface area contributed by atoms with Crippen LogP contribution in [0.15, 0.2) is 6.20 Å². The van der Waals surface area contributed by atoms with E-state index in [1.54, 1.807) is 10.9 Å². The number of nitrogens with one attached hydrogen (secondary N) is 1. The van der Waals surface area contributed by atoms with Gasteiger partial charge < -0.3 is 20.1 Å². The van der Waals surface area contributed by atoms with Crippen LogP contribution in [-0.4, -0.2) is 63.3 Å². The summed E-state index contributed by atoms with van der Waals surface area (Å²) < 4.78 is 7.50. The Morgan fingerprint density at radius 3 is 2.73 bits per heavy atom. The van der Waals surface area contributed by atoms with Crippen LogP contribution in [-0.2, 0) is 11.8 Å². The average molecular weight is 306 g/mol. The van der Waals surface area contributed by atoms with Crippen molar-refractivity contribution in [2.24, 2.45) is 7.05 Å². The summed E-state index contributed by atoms with van der Waals surface area (Å²) in [6.07, 6.45) is 2.02. The van der Waals surface area contributed by atoms with Crippen molar-refractivity contribution in [1.29, 1.82) is 0 Å². The van der Waals surface area contributed by atoms with Gasteiger partial charge in [0.25, 0.3) is 0 Å². The zero-order chi connectivity index (χ0) is 15.7. The van der Waals surface area contributed by atoms with Crippen molar-refractivity contribution in [2.75, 3.05) is 36.5 Å². The second-order valence-corrected chi connectivity index (χ2v) is 5.69. The molecule has 1 fully saturated rings. The highest BCUT2D eigenvalue weighted by atomic mass is 16.5. The van der Waals surface area contributed by atoms with Gasteiger partial charge >= 0.3 is 0 Å². The third kappa shape index (κ3) is 2.84. The summed E-state index contributed by atoms with van der Waals surface area (Å²) in [5, 5.41) is 17.3. The minimum absolute atomic E-state index is 0.0483. The first-order valence-electron chi connectivity index (χ1n) is 7.53. The number of aliphatic hydroxyl groups is 1. The molecule has 0 aromatic carbocycles. The van der Waals surface area contributed by atoms with Crippen molar-refractivity contribution in [2.45, 2.75) is 26.1 Å². The molecule has 0 radical (unpaired) electrons. The Labute approximate surface area is 129 Å². The second-order valence-electron chi connectivity index (χ2n) is 5.69. The Morgan fingerprint density at radius 2 is 2.05 bits per heavy atom. The van der Waals surface area contributed by atoms with Crippen LogP contribution in [0, 0.1) is 0 Å². The van der Waals surface area contributed by atoms with Crippen LogP contribution >= 0.6 is 0 Å². The first-order valence-corrected chi connectivity index (χ1v) is 7.53. The first-order chi connectivity index (χ1) is 10.6. The number of fused-ring (bicyclic) bond motifs is 1. The molecule has 22 heavy (non-hydrogen) atoms. The molecule has 3 heterocycles. The summed E-state index contributed by atoms with van der Waals surface area (Å²) in [5.41, 5.74) is 0.775. The minimum atomic E-state index is 0.0483. The lowest BCUT2D eigenvalue weighted by molar-refractivity contribution is -0.00569. The standard InChI is InChI=1S/C14H22N6O2/c1-9-7-20(8-10(2)22-9)14-17-12(15-4-5-21)11-6-16-19(3)13(11)18-14/h6,9-10,21H,4-5,7-8H2,1-3H3,(H,15,17,18)/t9-,10-/m1/s1. The van der Waals surface area contributed by atoms with Gasteiger partial charge in [0, 0.05) is 26.7 Å². The van der Waals surface area contributed by atoms with Gasteiger partial charge in [-0.2, -0.15) is 15.1 Å². The molecular weight excluding hydrogens is 284 g/mol. The van der Waals surface area contributed by atoms with Gasteiger partial charge in [0.1, 0.15) is 5.82 Å². The van der Waals surface area contributed by atoms with Crippen LogP contribution in [0.2, 0.25) is 0 Å². The number of hydrogen-bond donors (Lipinski definition) is 2. The number of anilines is 2. The largest absolute Gasteiger partial charge is 0.395 e. The smallest absolute Gasteiger partial charge is 0.229 e. The number of hydrogen-bond acceptors (Lipinski definition) is 7. The number of morpholine rings is 1. The van der Waals surface area contributed by atoms with Gasteiger partial charge in [-0.05, 0) is 13.8 Å². The summed E-state index contributed by atoms with van der Waals surface area (Å²) in [6, 6.07) is 0. The van der Waals surface area contributed by atoms with E-state index in [-0.39, 0.29) is 18.8 Å². The Hall–Kier alpha value is -1.93. The maximum absolute atomic E-state index is 9.04. The van der Waals surface area contributed by atoms with Gasteiger partial charge in [0.15, 0.2) is 5.65 Å². The lowest BCUT2D eigenvalue weighted by Crippen LogP contribution is -2.46. The maximum Gasteiger partial charge on any atom is 0.229 e. The molecule has 1 saturated heterocycles. The molecule has 1 aliphatic rings. The van der Waals surface area contributed by atoms with Gasteiger partial charge in [-0.1, -0.05) is 0 Å². The summed E-state index contributed by atoms with van der Waals surface area (Å²) in [6.45, 7) is 6.11. The fraction of sp³-hybridized carbons (Fsp3) is 0.643. The van der Waals surface area contributed by atoms with E-state index in [0.717, 1.165) is 24.1 Å². The van der Waals surface area contributed by atoms with E-state index in [9.17, 15) is 0 Å². The SMILES string of the molecule is C[C@@H]1CN(c2nc(NCCO)c3cnn(C)c3n2)C[C@@H](C)O1. The number of aromatic nitrogens is 4. The predicted molar refractivity (Wildman–Crippen MR) is 84.1 cm³/mol. The van der Waals surface area contributed by atoms with Crippen molar-refractivity contribution in [3.05, 3.63) is 6.20 Å². The summed E-state index contributed by atoms with van der Waals surface area (Å²) in [4.78, 5) is 11.4. The number of rotatable bonds is 4. The normalized spacial score (nSPS) is 22.3. The predicted octanol–water partition coefficient (Wildman–Crippen LogP) is 0.381. The summed E-state index contributed by atoms with van der Waals surface area (Å²) in [5.74, 6) is 1.37. The molecular formula is C14H22N6O2. The molecule has 3 rings (SSSR count). The molecule has 2 aromatic rings. The zero-order valence-corrected chi connectivity index (χ0v) is 13.2. The van der Waals surface area contributed by atoms with Gasteiger partial charge in [-0.25, -0.2) is 0 Å². The highest BCUT2D eigenvalue weighted by Crippen LogP contribution is 2.24. The molecule has 0 bridgehead atoms. The van der Waals surface area contributed by atoms with E-state index >= 15 is 0 Å². The lowest BCUT2D eigenvalue weighted by atomic mass is 10.2. The quantitative estimate of drug-likeness (QED) is 0.844.